The average Bonchev–Trinajstić information content (AvgIpc) is 3.20. The normalized spacial score (nSPS) is 15.4. The van der Waals surface area contributed by atoms with Gasteiger partial charge >= 0.3 is 12.0 Å². The quantitative estimate of drug-likeness (QED) is 0.516. The van der Waals surface area contributed by atoms with Crippen LogP contribution in [-0.4, -0.2) is 33.5 Å². The Morgan fingerprint density at radius 3 is 2.23 bits per heavy atom. The van der Waals surface area contributed by atoms with Crippen LogP contribution in [0.1, 0.15) is 16.1 Å². The van der Waals surface area contributed by atoms with Crippen molar-refractivity contribution in [1.29, 1.82) is 0 Å². The van der Waals surface area contributed by atoms with Gasteiger partial charge in [-0.3, -0.25) is 14.9 Å². The number of nitrogens with zero attached hydrogens (tertiary/aromatic N) is 2. The number of carbonyl (C=O) groups is 4. The fraction of sp³-hybridized carbons (Fsp3) is 0. The molecule has 0 radical (unpaired) electrons. The summed E-state index contributed by atoms with van der Waals surface area (Å²) >= 11 is 0. The van der Waals surface area contributed by atoms with Gasteiger partial charge in [-0.1, -0.05) is 18.2 Å². The van der Waals surface area contributed by atoms with E-state index in [1.54, 1.807) is 65.4 Å². The van der Waals surface area contributed by atoms with E-state index >= 15 is 0 Å². The van der Waals surface area contributed by atoms with E-state index in [9.17, 15) is 19.2 Å². The second-order valence-corrected chi connectivity index (χ2v) is 6.45. The van der Waals surface area contributed by atoms with Gasteiger partial charge in [0.05, 0.1) is 11.3 Å². The molecule has 3 aromatic rings. The van der Waals surface area contributed by atoms with Gasteiger partial charge in [0.1, 0.15) is 5.57 Å². The third-order valence-corrected chi connectivity index (χ3v) is 4.58. The van der Waals surface area contributed by atoms with E-state index in [2.05, 4.69) is 5.32 Å². The van der Waals surface area contributed by atoms with E-state index < -0.39 is 23.8 Å². The predicted molar refractivity (Wildman–Crippen MR) is 108 cm³/mol. The summed E-state index contributed by atoms with van der Waals surface area (Å²) in [6, 6.07) is 17.1. The Hall–Kier alpha value is -4.46. The lowest BCUT2D eigenvalue weighted by Crippen LogP contribution is -2.54. The first kappa shape index (κ1) is 18.9. The molecule has 1 saturated heterocycles. The highest BCUT2D eigenvalue weighted by Crippen LogP contribution is 2.23. The number of anilines is 1. The average molecular weight is 401 g/mol. The number of hydrogen-bond donors (Lipinski definition) is 2. The molecule has 1 aromatic heterocycles. The Morgan fingerprint density at radius 2 is 1.57 bits per heavy atom. The molecule has 0 atom stereocenters. The van der Waals surface area contributed by atoms with E-state index in [0.29, 0.717) is 17.1 Å². The molecule has 0 unspecified atom stereocenters. The van der Waals surface area contributed by atoms with Crippen molar-refractivity contribution >= 4 is 35.6 Å². The standard InChI is InChI=1S/C22H15N3O5/c26-19-18(20(27)25(22(30)23-19)16-5-2-1-3-6-16)13-17-7-4-12-24(17)15-10-8-14(9-11-15)21(28)29/h1-13H,(H,28,29)(H,23,26,30)/b18-13-. The third-order valence-electron chi connectivity index (χ3n) is 4.58. The van der Waals surface area contributed by atoms with Crippen LogP contribution in [0.4, 0.5) is 10.5 Å². The number of aromatic nitrogens is 1. The second-order valence-electron chi connectivity index (χ2n) is 6.45. The number of hydrogen-bond acceptors (Lipinski definition) is 4. The maximum atomic E-state index is 12.9. The van der Waals surface area contributed by atoms with Crippen LogP contribution < -0.4 is 10.2 Å². The highest BCUT2D eigenvalue weighted by molar-refractivity contribution is 6.39. The van der Waals surface area contributed by atoms with Crippen molar-refractivity contribution in [3.8, 4) is 5.69 Å². The van der Waals surface area contributed by atoms with Gasteiger partial charge in [0.2, 0.25) is 0 Å². The van der Waals surface area contributed by atoms with Crippen LogP contribution in [0.25, 0.3) is 11.8 Å². The Bertz CT molecular complexity index is 1190. The highest BCUT2D eigenvalue weighted by atomic mass is 16.4. The molecular formula is C22H15N3O5. The number of aromatic carboxylic acids is 1. The Labute approximate surface area is 170 Å². The number of urea groups is 1. The van der Waals surface area contributed by atoms with Crippen molar-refractivity contribution in [1.82, 2.24) is 9.88 Å². The molecule has 2 heterocycles. The zero-order chi connectivity index (χ0) is 21.3. The zero-order valence-electron chi connectivity index (χ0n) is 15.5. The minimum Gasteiger partial charge on any atom is -0.478 e. The summed E-state index contributed by atoms with van der Waals surface area (Å²) in [6.07, 6.45) is 3.11. The molecule has 8 nitrogen and oxygen atoms in total. The van der Waals surface area contributed by atoms with Gasteiger partial charge in [0, 0.05) is 17.6 Å². The molecule has 148 valence electrons. The Balaban J connectivity index is 1.72. The van der Waals surface area contributed by atoms with Gasteiger partial charge in [-0.05, 0) is 54.6 Å². The molecule has 0 bridgehead atoms. The Morgan fingerprint density at radius 1 is 0.867 bits per heavy atom. The lowest BCUT2D eigenvalue weighted by molar-refractivity contribution is -0.122. The number of para-hydroxylation sites is 1. The van der Waals surface area contributed by atoms with Crippen molar-refractivity contribution in [2.45, 2.75) is 0 Å². The van der Waals surface area contributed by atoms with Crippen molar-refractivity contribution < 1.29 is 24.3 Å². The lowest BCUT2D eigenvalue weighted by atomic mass is 10.1. The van der Waals surface area contributed by atoms with Gasteiger partial charge in [-0.2, -0.15) is 0 Å². The molecule has 0 spiro atoms. The molecule has 0 aliphatic carbocycles. The molecule has 1 fully saturated rings. The van der Waals surface area contributed by atoms with E-state index in [4.69, 9.17) is 5.11 Å². The van der Waals surface area contributed by atoms with Crippen molar-refractivity contribution in [3.63, 3.8) is 0 Å². The summed E-state index contributed by atoms with van der Waals surface area (Å²) in [4.78, 5) is 49.5. The molecule has 1 aliphatic heterocycles. The SMILES string of the molecule is O=C1NC(=O)N(c2ccccc2)C(=O)/C1=C\c1cccn1-c1ccc(C(=O)O)cc1. The number of benzene rings is 2. The number of amides is 4. The molecule has 30 heavy (non-hydrogen) atoms. The van der Waals surface area contributed by atoms with E-state index in [-0.39, 0.29) is 11.1 Å². The second kappa shape index (κ2) is 7.51. The molecular weight excluding hydrogens is 386 g/mol. The number of carbonyl (C=O) groups excluding carboxylic acids is 3. The van der Waals surface area contributed by atoms with Crippen LogP contribution in [0.15, 0.2) is 78.5 Å². The lowest BCUT2D eigenvalue weighted by Gasteiger charge is -2.26. The molecule has 4 rings (SSSR count). The monoisotopic (exact) mass is 401 g/mol. The zero-order valence-corrected chi connectivity index (χ0v) is 15.5. The highest BCUT2D eigenvalue weighted by Gasteiger charge is 2.36. The first-order valence-electron chi connectivity index (χ1n) is 8.93. The topological polar surface area (TPSA) is 109 Å². The molecule has 4 amide bonds. The summed E-state index contributed by atoms with van der Waals surface area (Å²) in [5.41, 5.74) is 1.46. The smallest absolute Gasteiger partial charge is 0.335 e. The largest absolute Gasteiger partial charge is 0.478 e. The van der Waals surface area contributed by atoms with Crippen LogP contribution >= 0.6 is 0 Å². The van der Waals surface area contributed by atoms with Gasteiger partial charge in [-0.25, -0.2) is 14.5 Å². The number of barbiturate groups is 1. The van der Waals surface area contributed by atoms with Gasteiger partial charge in [0.15, 0.2) is 0 Å². The minimum atomic E-state index is -1.04. The number of nitrogens with one attached hydrogen (secondary N) is 1. The van der Waals surface area contributed by atoms with Gasteiger partial charge in [0.25, 0.3) is 11.8 Å². The van der Waals surface area contributed by atoms with Crippen molar-refractivity contribution in [2.75, 3.05) is 4.90 Å². The van der Waals surface area contributed by atoms with Crippen molar-refractivity contribution in [2.24, 2.45) is 0 Å². The fourth-order valence-corrected chi connectivity index (χ4v) is 3.13. The summed E-state index contributed by atoms with van der Waals surface area (Å²) < 4.78 is 1.70. The van der Waals surface area contributed by atoms with Crippen LogP contribution in [0.3, 0.4) is 0 Å². The van der Waals surface area contributed by atoms with Crippen LogP contribution in [0, 0.1) is 0 Å². The fourth-order valence-electron chi connectivity index (χ4n) is 3.13. The summed E-state index contributed by atoms with van der Waals surface area (Å²) in [6.45, 7) is 0. The molecule has 2 N–H and O–H groups in total. The van der Waals surface area contributed by atoms with Crippen LogP contribution in [0.5, 0.6) is 0 Å². The van der Waals surface area contributed by atoms with Gasteiger partial charge in [-0.15, -0.1) is 0 Å². The van der Waals surface area contributed by atoms with Crippen LogP contribution in [-0.2, 0) is 9.59 Å². The summed E-state index contributed by atoms with van der Waals surface area (Å²) in [7, 11) is 0. The number of rotatable bonds is 4. The third kappa shape index (κ3) is 3.37. The first-order chi connectivity index (χ1) is 14.5. The first-order valence-corrected chi connectivity index (χ1v) is 8.93. The molecule has 1 aliphatic rings. The number of imide groups is 2. The number of carboxylic acid groups (broad SMARTS) is 1. The maximum Gasteiger partial charge on any atom is 0.335 e. The Kier molecular flexibility index (Phi) is 4.73. The van der Waals surface area contributed by atoms with Crippen molar-refractivity contribution in [3.05, 3.63) is 89.8 Å². The predicted octanol–water partition coefficient (Wildman–Crippen LogP) is 2.84. The van der Waals surface area contributed by atoms with E-state index in [1.165, 1.54) is 18.2 Å². The summed E-state index contributed by atoms with van der Waals surface area (Å²) in [5.74, 6) is -2.55. The molecule has 2 aromatic carbocycles. The minimum absolute atomic E-state index is 0.143. The maximum absolute atomic E-state index is 12.9. The van der Waals surface area contributed by atoms with E-state index in [0.717, 1.165) is 4.90 Å². The molecule has 8 heteroatoms. The number of carboxylic acids is 1. The van der Waals surface area contributed by atoms with E-state index in [1.807, 2.05) is 0 Å². The summed E-state index contributed by atoms with van der Waals surface area (Å²) in [5, 5.41) is 11.2. The van der Waals surface area contributed by atoms with Gasteiger partial charge < -0.3 is 9.67 Å². The molecule has 0 saturated carbocycles. The van der Waals surface area contributed by atoms with Crippen LogP contribution in [0.2, 0.25) is 0 Å².